The Labute approximate surface area is 107 Å². The van der Waals surface area contributed by atoms with Crippen molar-refractivity contribution in [3.8, 4) is 5.75 Å². The second-order valence-electron chi connectivity index (χ2n) is 5.33. The van der Waals surface area contributed by atoms with Gasteiger partial charge < -0.3 is 20.9 Å². The van der Waals surface area contributed by atoms with Crippen LogP contribution in [0, 0.1) is 5.92 Å². The second-order valence-corrected chi connectivity index (χ2v) is 5.33. The molecule has 4 nitrogen and oxygen atoms in total. The smallest absolute Gasteiger partial charge is 0.124 e. The summed E-state index contributed by atoms with van der Waals surface area (Å²) >= 11 is 0. The Morgan fingerprint density at radius 2 is 1.89 bits per heavy atom. The highest BCUT2D eigenvalue weighted by atomic mass is 16.5. The molecule has 1 fully saturated rings. The van der Waals surface area contributed by atoms with E-state index in [2.05, 4.69) is 0 Å². The van der Waals surface area contributed by atoms with Crippen LogP contribution in [0.25, 0.3) is 0 Å². The molecule has 1 aromatic rings. The molecule has 2 heterocycles. The Kier molecular flexibility index (Phi) is 3.01. The van der Waals surface area contributed by atoms with Crippen LogP contribution in [-0.2, 0) is 4.74 Å². The minimum absolute atomic E-state index is 0.0435. The van der Waals surface area contributed by atoms with Gasteiger partial charge in [0.2, 0.25) is 0 Å². The first-order chi connectivity index (χ1) is 8.71. The third-order valence-electron chi connectivity index (χ3n) is 4.29. The first kappa shape index (κ1) is 12.0. The molecule has 2 unspecified atom stereocenters. The molecule has 4 heteroatoms. The van der Waals surface area contributed by atoms with Gasteiger partial charge in [0.05, 0.1) is 6.61 Å². The van der Waals surface area contributed by atoms with Crippen molar-refractivity contribution in [2.24, 2.45) is 17.4 Å². The maximum atomic E-state index is 6.54. The Hall–Kier alpha value is -1.10. The summed E-state index contributed by atoms with van der Waals surface area (Å²) in [7, 11) is 0. The van der Waals surface area contributed by atoms with Gasteiger partial charge >= 0.3 is 0 Å². The van der Waals surface area contributed by atoms with Crippen molar-refractivity contribution in [2.45, 2.75) is 24.4 Å². The van der Waals surface area contributed by atoms with Crippen molar-refractivity contribution in [3.05, 3.63) is 29.8 Å². The van der Waals surface area contributed by atoms with Gasteiger partial charge in [-0.25, -0.2) is 0 Å². The lowest BCUT2D eigenvalue weighted by Crippen LogP contribution is -2.57. The standard InChI is InChI=1S/C14H20N2O2/c15-13-10-3-1-2-4-12(10)18-9-11(13)14(16)5-7-17-8-6-14/h1-4,11,13H,5-9,15-16H2. The fourth-order valence-electron chi connectivity index (χ4n) is 3.03. The first-order valence-electron chi connectivity index (χ1n) is 6.55. The highest BCUT2D eigenvalue weighted by molar-refractivity contribution is 5.38. The number of rotatable bonds is 1. The van der Waals surface area contributed by atoms with Crippen LogP contribution < -0.4 is 16.2 Å². The van der Waals surface area contributed by atoms with Crippen LogP contribution in [0.1, 0.15) is 24.4 Å². The van der Waals surface area contributed by atoms with E-state index in [1.165, 1.54) is 0 Å². The molecule has 0 amide bonds. The van der Waals surface area contributed by atoms with Crippen LogP contribution in [-0.4, -0.2) is 25.4 Å². The molecule has 1 aromatic carbocycles. The summed E-state index contributed by atoms with van der Waals surface area (Å²) in [5.74, 6) is 1.06. The van der Waals surface area contributed by atoms with E-state index < -0.39 is 0 Å². The average molecular weight is 248 g/mol. The van der Waals surface area contributed by atoms with Crippen molar-refractivity contribution in [1.82, 2.24) is 0 Å². The summed E-state index contributed by atoms with van der Waals surface area (Å²) in [6.07, 6.45) is 1.72. The maximum Gasteiger partial charge on any atom is 0.124 e. The first-order valence-corrected chi connectivity index (χ1v) is 6.55. The zero-order valence-corrected chi connectivity index (χ0v) is 10.5. The van der Waals surface area contributed by atoms with Crippen LogP contribution in [0.15, 0.2) is 24.3 Å². The quantitative estimate of drug-likeness (QED) is 0.783. The van der Waals surface area contributed by atoms with Crippen molar-refractivity contribution >= 4 is 0 Å². The van der Waals surface area contributed by atoms with Gasteiger partial charge in [-0.15, -0.1) is 0 Å². The molecule has 2 aliphatic rings. The molecule has 98 valence electrons. The molecule has 0 spiro atoms. The zero-order valence-electron chi connectivity index (χ0n) is 10.5. The zero-order chi connectivity index (χ0) is 12.6. The molecule has 0 bridgehead atoms. The minimum atomic E-state index is -0.259. The number of fused-ring (bicyclic) bond motifs is 1. The Bertz CT molecular complexity index is 430. The third kappa shape index (κ3) is 1.90. The minimum Gasteiger partial charge on any atom is -0.493 e. The number of nitrogens with two attached hydrogens (primary N) is 2. The van der Waals surface area contributed by atoms with Gasteiger partial charge in [-0.05, 0) is 18.9 Å². The highest BCUT2D eigenvalue weighted by Gasteiger charge is 2.43. The van der Waals surface area contributed by atoms with Gasteiger partial charge in [0.15, 0.2) is 0 Å². The van der Waals surface area contributed by atoms with E-state index >= 15 is 0 Å². The fraction of sp³-hybridized carbons (Fsp3) is 0.571. The Morgan fingerprint density at radius 3 is 2.67 bits per heavy atom. The number of ether oxygens (including phenoxy) is 2. The number of hydrogen-bond acceptors (Lipinski definition) is 4. The van der Waals surface area contributed by atoms with Crippen LogP contribution >= 0.6 is 0 Å². The summed E-state index contributed by atoms with van der Waals surface area (Å²) in [5, 5.41) is 0. The highest BCUT2D eigenvalue weighted by Crippen LogP contribution is 2.40. The summed E-state index contributed by atoms with van der Waals surface area (Å²) in [6.45, 7) is 2.05. The molecule has 3 rings (SSSR count). The predicted molar refractivity (Wildman–Crippen MR) is 69.3 cm³/mol. The van der Waals surface area contributed by atoms with Crippen molar-refractivity contribution in [3.63, 3.8) is 0 Å². The topological polar surface area (TPSA) is 70.5 Å². The van der Waals surface area contributed by atoms with Gasteiger partial charge in [0.25, 0.3) is 0 Å². The normalized spacial score (nSPS) is 30.3. The van der Waals surface area contributed by atoms with E-state index in [0.29, 0.717) is 6.61 Å². The van der Waals surface area contributed by atoms with Crippen molar-refractivity contribution in [2.75, 3.05) is 19.8 Å². The SMILES string of the molecule is NC1c2ccccc2OCC1C1(N)CCOCC1. The molecule has 4 N–H and O–H groups in total. The summed E-state index contributed by atoms with van der Waals surface area (Å²) in [4.78, 5) is 0. The van der Waals surface area contributed by atoms with Gasteiger partial charge in [-0.2, -0.15) is 0 Å². The van der Waals surface area contributed by atoms with Crippen LogP contribution in [0.4, 0.5) is 0 Å². The lowest BCUT2D eigenvalue weighted by atomic mass is 9.72. The number of para-hydroxylation sites is 1. The molecule has 0 radical (unpaired) electrons. The molecular weight excluding hydrogens is 228 g/mol. The van der Waals surface area contributed by atoms with E-state index in [9.17, 15) is 0 Å². The van der Waals surface area contributed by atoms with E-state index in [0.717, 1.165) is 37.4 Å². The molecule has 18 heavy (non-hydrogen) atoms. The molecule has 1 saturated heterocycles. The Morgan fingerprint density at radius 1 is 1.17 bits per heavy atom. The van der Waals surface area contributed by atoms with Gasteiger partial charge in [0, 0.05) is 36.3 Å². The van der Waals surface area contributed by atoms with Gasteiger partial charge in [-0.3, -0.25) is 0 Å². The monoisotopic (exact) mass is 248 g/mol. The molecule has 0 saturated carbocycles. The lowest BCUT2D eigenvalue weighted by Gasteiger charge is -2.45. The second kappa shape index (κ2) is 4.53. The number of benzene rings is 1. The summed E-state index contributed by atoms with van der Waals surface area (Å²) in [6, 6.07) is 7.93. The summed E-state index contributed by atoms with van der Waals surface area (Å²) < 4.78 is 11.2. The molecule has 0 aromatic heterocycles. The largest absolute Gasteiger partial charge is 0.493 e. The van der Waals surface area contributed by atoms with Crippen molar-refractivity contribution in [1.29, 1.82) is 0 Å². The van der Waals surface area contributed by atoms with Crippen LogP contribution in [0.2, 0.25) is 0 Å². The van der Waals surface area contributed by atoms with Gasteiger partial charge in [-0.1, -0.05) is 18.2 Å². The number of hydrogen-bond donors (Lipinski definition) is 2. The average Bonchev–Trinajstić information content (AvgIpc) is 2.40. The predicted octanol–water partition coefficient (Wildman–Crippen LogP) is 1.20. The molecular formula is C14H20N2O2. The molecule has 0 aliphatic carbocycles. The molecule has 2 aliphatic heterocycles. The third-order valence-corrected chi connectivity index (χ3v) is 4.29. The lowest BCUT2D eigenvalue weighted by molar-refractivity contribution is 0.00648. The fourth-order valence-corrected chi connectivity index (χ4v) is 3.03. The van der Waals surface area contributed by atoms with E-state index in [4.69, 9.17) is 20.9 Å². The Balaban J connectivity index is 1.87. The van der Waals surface area contributed by atoms with E-state index in [-0.39, 0.29) is 17.5 Å². The van der Waals surface area contributed by atoms with E-state index in [1.807, 2.05) is 24.3 Å². The van der Waals surface area contributed by atoms with Crippen LogP contribution in [0.3, 0.4) is 0 Å². The van der Waals surface area contributed by atoms with Crippen molar-refractivity contribution < 1.29 is 9.47 Å². The van der Waals surface area contributed by atoms with E-state index in [1.54, 1.807) is 0 Å². The maximum absolute atomic E-state index is 6.54. The summed E-state index contributed by atoms with van der Waals surface area (Å²) in [5.41, 5.74) is 13.8. The van der Waals surface area contributed by atoms with Crippen LogP contribution in [0.5, 0.6) is 5.75 Å². The van der Waals surface area contributed by atoms with Gasteiger partial charge in [0.1, 0.15) is 5.75 Å². The molecule has 2 atom stereocenters.